The zero-order valence-electron chi connectivity index (χ0n) is 6.53. The van der Waals surface area contributed by atoms with Crippen LogP contribution in [0.15, 0.2) is 21.1 Å². The molecule has 2 N–H and O–H groups in total. The largest absolute Gasteiger partial charge is 0.573 e. The van der Waals surface area contributed by atoms with Crippen LogP contribution in [0.5, 0.6) is 5.75 Å². The van der Waals surface area contributed by atoms with E-state index in [4.69, 9.17) is 5.73 Å². The van der Waals surface area contributed by atoms with E-state index in [0.29, 0.717) is 5.69 Å². The van der Waals surface area contributed by atoms with Gasteiger partial charge in [0.2, 0.25) is 0 Å². The smallest absolute Gasteiger partial charge is 0.403 e. The Labute approximate surface area is 94.5 Å². The van der Waals surface area contributed by atoms with Crippen molar-refractivity contribution in [2.75, 3.05) is 5.73 Å². The predicted octanol–water partition coefficient (Wildman–Crippen LogP) is 3.69. The van der Waals surface area contributed by atoms with E-state index < -0.39 is 6.36 Å². The molecule has 2 nitrogen and oxygen atoms in total. The Hall–Kier alpha value is -0.430. The lowest BCUT2D eigenvalue weighted by atomic mass is 10.3. The summed E-state index contributed by atoms with van der Waals surface area (Å²) in [6.07, 6.45) is -4.72. The molecule has 1 rings (SSSR count). The maximum Gasteiger partial charge on any atom is 0.573 e. The molecule has 0 bridgehead atoms. The summed E-state index contributed by atoms with van der Waals surface area (Å²) in [5.74, 6) is -0.341. The van der Waals surface area contributed by atoms with Crippen LogP contribution in [0.2, 0.25) is 0 Å². The Bertz CT molecular complexity index is 330. The zero-order chi connectivity index (χ0) is 10.9. The van der Waals surface area contributed by atoms with E-state index in [1.807, 2.05) is 0 Å². The highest BCUT2D eigenvalue weighted by atomic mass is 79.9. The topological polar surface area (TPSA) is 35.2 Å². The van der Waals surface area contributed by atoms with Crippen LogP contribution in [-0.2, 0) is 0 Å². The first-order valence-corrected chi connectivity index (χ1v) is 4.88. The van der Waals surface area contributed by atoms with Crippen LogP contribution in [0.1, 0.15) is 0 Å². The predicted molar refractivity (Wildman–Crippen MR) is 52.9 cm³/mol. The third-order valence-electron chi connectivity index (χ3n) is 1.24. The van der Waals surface area contributed by atoms with Crippen molar-refractivity contribution >= 4 is 37.5 Å². The monoisotopic (exact) mass is 333 g/mol. The Balaban J connectivity index is 3.09. The van der Waals surface area contributed by atoms with E-state index in [1.165, 1.54) is 12.1 Å². The number of hydrogen-bond acceptors (Lipinski definition) is 2. The number of ether oxygens (including phenoxy) is 1. The van der Waals surface area contributed by atoms with E-state index in [0.717, 1.165) is 0 Å². The van der Waals surface area contributed by atoms with Crippen LogP contribution in [0.3, 0.4) is 0 Å². The standard InChI is InChI=1S/C7H4Br2F3NO/c8-4-1-3(13)2-5(9)6(4)14-7(10,11)12/h1-2H,13H2. The van der Waals surface area contributed by atoms with Gasteiger partial charge in [-0.15, -0.1) is 13.2 Å². The third kappa shape index (κ3) is 3.06. The molecule has 1 aromatic rings. The molecular formula is C7H4Br2F3NO. The van der Waals surface area contributed by atoms with Crippen molar-refractivity contribution in [3.63, 3.8) is 0 Å². The van der Waals surface area contributed by atoms with Gasteiger partial charge in [-0.1, -0.05) is 0 Å². The van der Waals surface area contributed by atoms with Gasteiger partial charge < -0.3 is 10.5 Å². The molecule has 0 fully saturated rings. The summed E-state index contributed by atoms with van der Waals surface area (Å²) < 4.78 is 39.8. The average Bonchev–Trinajstić information content (AvgIpc) is 1.95. The van der Waals surface area contributed by atoms with E-state index in [-0.39, 0.29) is 14.7 Å². The lowest BCUT2D eigenvalue weighted by Crippen LogP contribution is -2.17. The fourth-order valence-electron chi connectivity index (χ4n) is 0.793. The first kappa shape index (κ1) is 11.6. The van der Waals surface area contributed by atoms with Gasteiger partial charge >= 0.3 is 6.36 Å². The molecule has 14 heavy (non-hydrogen) atoms. The van der Waals surface area contributed by atoms with Gasteiger partial charge in [0, 0.05) is 5.69 Å². The van der Waals surface area contributed by atoms with Crippen LogP contribution in [-0.4, -0.2) is 6.36 Å². The highest BCUT2D eigenvalue weighted by molar-refractivity contribution is 9.11. The van der Waals surface area contributed by atoms with Gasteiger partial charge in [0.25, 0.3) is 0 Å². The second kappa shape index (κ2) is 3.98. The molecule has 1 aromatic carbocycles. The number of rotatable bonds is 1. The molecule has 0 atom stereocenters. The fraction of sp³-hybridized carbons (Fsp3) is 0.143. The van der Waals surface area contributed by atoms with Gasteiger partial charge in [0.1, 0.15) is 0 Å². The van der Waals surface area contributed by atoms with Crippen molar-refractivity contribution in [1.82, 2.24) is 0 Å². The van der Waals surface area contributed by atoms with Gasteiger partial charge in [0.15, 0.2) is 5.75 Å². The number of hydrogen-bond donors (Lipinski definition) is 1. The van der Waals surface area contributed by atoms with Crippen molar-refractivity contribution < 1.29 is 17.9 Å². The lowest BCUT2D eigenvalue weighted by Gasteiger charge is -2.12. The van der Waals surface area contributed by atoms with E-state index >= 15 is 0 Å². The average molecular weight is 335 g/mol. The highest BCUT2D eigenvalue weighted by Gasteiger charge is 2.33. The molecule has 0 unspecified atom stereocenters. The Morgan fingerprint density at radius 2 is 1.57 bits per heavy atom. The maximum atomic E-state index is 11.9. The highest BCUT2D eigenvalue weighted by Crippen LogP contribution is 2.38. The SMILES string of the molecule is Nc1cc(Br)c(OC(F)(F)F)c(Br)c1. The molecule has 0 radical (unpaired) electrons. The molecule has 7 heteroatoms. The summed E-state index contributed by atoms with van der Waals surface area (Å²) in [5.41, 5.74) is 5.73. The van der Waals surface area contributed by atoms with Crippen LogP contribution in [0.4, 0.5) is 18.9 Å². The Morgan fingerprint density at radius 3 is 1.93 bits per heavy atom. The van der Waals surface area contributed by atoms with Crippen molar-refractivity contribution in [3.8, 4) is 5.75 Å². The fourth-order valence-corrected chi connectivity index (χ4v) is 2.18. The van der Waals surface area contributed by atoms with Crippen LogP contribution >= 0.6 is 31.9 Å². The van der Waals surface area contributed by atoms with Crippen molar-refractivity contribution in [2.24, 2.45) is 0 Å². The van der Waals surface area contributed by atoms with E-state index in [1.54, 1.807) is 0 Å². The van der Waals surface area contributed by atoms with E-state index in [2.05, 4.69) is 36.6 Å². The van der Waals surface area contributed by atoms with Crippen LogP contribution in [0.25, 0.3) is 0 Å². The number of nitrogen functional groups attached to an aromatic ring is 1. The first-order chi connectivity index (χ1) is 6.29. The van der Waals surface area contributed by atoms with Gasteiger partial charge in [-0.05, 0) is 44.0 Å². The second-order valence-corrected chi connectivity index (χ2v) is 4.07. The summed E-state index contributed by atoms with van der Waals surface area (Å²) in [7, 11) is 0. The summed E-state index contributed by atoms with van der Waals surface area (Å²) in [6, 6.07) is 2.65. The molecule has 78 valence electrons. The summed E-state index contributed by atoms with van der Waals surface area (Å²) in [4.78, 5) is 0. The maximum absolute atomic E-state index is 11.9. The van der Waals surface area contributed by atoms with Crippen molar-refractivity contribution in [3.05, 3.63) is 21.1 Å². The molecule has 0 heterocycles. The molecule has 0 aliphatic rings. The van der Waals surface area contributed by atoms with Gasteiger partial charge in [0.05, 0.1) is 8.95 Å². The number of anilines is 1. The molecule has 0 aliphatic carbocycles. The van der Waals surface area contributed by atoms with Crippen molar-refractivity contribution in [2.45, 2.75) is 6.36 Å². The van der Waals surface area contributed by atoms with Gasteiger partial charge in [-0.25, -0.2) is 0 Å². The first-order valence-electron chi connectivity index (χ1n) is 3.30. The Kier molecular flexibility index (Phi) is 3.31. The quantitative estimate of drug-likeness (QED) is 0.795. The molecule has 0 aliphatic heterocycles. The summed E-state index contributed by atoms with van der Waals surface area (Å²) in [5, 5.41) is 0. The van der Waals surface area contributed by atoms with Gasteiger partial charge in [-0.2, -0.15) is 0 Å². The minimum absolute atomic E-state index is 0.140. The molecular weight excluding hydrogens is 331 g/mol. The lowest BCUT2D eigenvalue weighted by molar-refractivity contribution is -0.275. The Morgan fingerprint density at radius 1 is 1.14 bits per heavy atom. The normalized spacial score (nSPS) is 11.5. The minimum atomic E-state index is -4.72. The molecule has 0 spiro atoms. The number of benzene rings is 1. The zero-order valence-corrected chi connectivity index (χ0v) is 9.70. The number of alkyl halides is 3. The summed E-state index contributed by atoms with van der Waals surface area (Å²) >= 11 is 5.83. The molecule has 0 saturated carbocycles. The van der Waals surface area contributed by atoms with Crippen LogP contribution in [0, 0.1) is 0 Å². The van der Waals surface area contributed by atoms with Gasteiger partial charge in [-0.3, -0.25) is 0 Å². The number of nitrogens with two attached hydrogens (primary N) is 1. The van der Waals surface area contributed by atoms with Crippen molar-refractivity contribution in [1.29, 1.82) is 0 Å². The summed E-state index contributed by atoms with van der Waals surface area (Å²) in [6.45, 7) is 0. The third-order valence-corrected chi connectivity index (χ3v) is 2.42. The minimum Gasteiger partial charge on any atom is -0.403 e. The molecule has 0 saturated heterocycles. The van der Waals surface area contributed by atoms with Crippen LogP contribution < -0.4 is 10.5 Å². The molecule has 0 aromatic heterocycles. The molecule has 0 amide bonds. The second-order valence-electron chi connectivity index (χ2n) is 2.36. The number of halogens is 5. The van der Waals surface area contributed by atoms with E-state index in [9.17, 15) is 13.2 Å².